The van der Waals surface area contributed by atoms with Crippen molar-refractivity contribution >= 4 is 46.6 Å². The summed E-state index contributed by atoms with van der Waals surface area (Å²) in [6.07, 6.45) is 0.689. The topological polar surface area (TPSA) is 58.2 Å². The van der Waals surface area contributed by atoms with E-state index in [4.69, 9.17) is 11.6 Å². The molecule has 0 saturated carbocycles. The zero-order chi connectivity index (χ0) is 17.5. The maximum absolute atomic E-state index is 12.5. The van der Waals surface area contributed by atoms with Crippen molar-refractivity contribution < 1.29 is 9.59 Å². The standard InChI is InChI=1S/C18H19ClN2O2S/c1-3-17(18(23)21-14-9-7-13(19)8-10-14)24-16-6-4-5-15(11-16)20-12(2)22/h4-11,17H,3H2,1-2H3,(H,20,22)(H,21,23). The molecule has 2 N–H and O–H groups in total. The third kappa shape index (κ3) is 5.58. The summed E-state index contributed by atoms with van der Waals surface area (Å²) in [5.41, 5.74) is 1.44. The Morgan fingerprint density at radius 1 is 1.08 bits per heavy atom. The van der Waals surface area contributed by atoms with Gasteiger partial charge in [0.2, 0.25) is 11.8 Å². The summed E-state index contributed by atoms with van der Waals surface area (Å²) in [4.78, 5) is 24.5. The average molecular weight is 363 g/mol. The SMILES string of the molecule is CCC(Sc1cccc(NC(C)=O)c1)C(=O)Nc1ccc(Cl)cc1. The van der Waals surface area contributed by atoms with Crippen LogP contribution in [-0.2, 0) is 9.59 Å². The molecule has 0 heterocycles. The highest BCUT2D eigenvalue weighted by Crippen LogP contribution is 2.28. The molecule has 6 heteroatoms. The maximum atomic E-state index is 12.5. The van der Waals surface area contributed by atoms with Crippen LogP contribution in [0.4, 0.5) is 11.4 Å². The number of benzene rings is 2. The van der Waals surface area contributed by atoms with Gasteiger partial charge in [-0.3, -0.25) is 9.59 Å². The van der Waals surface area contributed by atoms with Crippen LogP contribution >= 0.6 is 23.4 Å². The summed E-state index contributed by atoms with van der Waals surface area (Å²) in [5.74, 6) is -0.181. The molecule has 0 aliphatic heterocycles. The van der Waals surface area contributed by atoms with E-state index in [-0.39, 0.29) is 17.1 Å². The van der Waals surface area contributed by atoms with Crippen LogP contribution in [-0.4, -0.2) is 17.1 Å². The van der Waals surface area contributed by atoms with Crippen molar-refractivity contribution in [3.8, 4) is 0 Å². The average Bonchev–Trinajstić information content (AvgIpc) is 2.54. The Hall–Kier alpha value is -1.98. The molecule has 2 amide bonds. The van der Waals surface area contributed by atoms with Crippen LogP contribution in [0.15, 0.2) is 53.4 Å². The summed E-state index contributed by atoms with van der Waals surface area (Å²) in [6, 6.07) is 14.5. The second-order valence-electron chi connectivity index (χ2n) is 5.22. The van der Waals surface area contributed by atoms with Gasteiger partial charge in [0.25, 0.3) is 0 Å². The van der Waals surface area contributed by atoms with Crippen molar-refractivity contribution in [2.75, 3.05) is 10.6 Å². The third-order valence-electron chi connectivity index (χ3n) is 3.21. The van der Waals surface area contributed by atoms with Crippen molar-refractivity contribution in [2.24, 2.45) is 0 Å². The van der Waals surface area contributed by atoms with Crippen LogP contribution < -0.4 is 10.6 Å². The lowest BCUT2D eigenvalue weighted by Crippen LogP contribution is -2.24. The third-order valence-corrected chi connectivity index (χ3v) is 4.82. The molecule has 0 radical (unpaired) electrons. The lowest BCUT2D eigenvalue weighted by Gasteiger charge is -2.15. The summed E-state index contributed by atoms with van der Waals surface area (Å²) in [7, 11) is 0. The van der Waals surface area contributed by atoms with Gasteiger partial charge in [-0.25, -0.2) is 0 Å². The Labute approximate surface area is 151 Å². The van der Waals surface area contributed by atoms with E-state index in [0.29, 0.717) is 11.4 Å². The highest BCUT2D eigenvalue weighted by atomic mass is 35.5. The van der Waals surface area contributed by atoms with Gasteiger partial charge < -0.3 is 10.6 Å². The van der Waals surface area contributed by atoms with E-state index < -0.39 is 0 Å². The minimum absolute atomic E-state index is 0.0604. The number of amides is 2. The number of carbonyl (C=O) groups is 2. The fraction of sp³-hybridized carbons (Fsp3) is 0.222. The molecule has 2 aromatic rings. The van der Waals surface area contributed by atoms with Crippen LogP contribution in [0.25, 0.3) is 0 Å². The smallest absolute Gasteiger partial charge is 0.237 e. The van der Waals surface area contributed by atoms with Gasteiger partial charge >= 0.3 is 0 Å². The van der Waals surface area contributed by atoms with Gasteiger partial charge in [-0.05, 0) is 48.9 Å². The monoisotopic (exact) mass is 362 g/mol. The molecular formula is C18H19ClN2O2S. The number of halogens is 1. The first kappa shape index (κ1) is 18.4. The van der Waals surface area contributed by atoms with Gasteiger partial charge in [-0.15, -0.1) is 11.8 Å². The number of anilines is 2. The second kappa shape index (κ2) is 8.76. The predicted octanol–water partition coefficient (Wildman–Crippen LogP) is 4.81. The molecule has 0 aliphatic carbocycles. The number of hydrogen-bond donors (Lipinski definition) is 2. The van der Waals surface area contributed by atoms with E-state index in [1.165, 1.54) is 18.7 Å². The Morgan fingerprint density at radius 2 is 1.79 bits per heavy atom. The van der Waals surface area contributed by atoms with Crippen LogP contribution in [0.5, 0.6) is 0 Å². The van der Waals surface area contributed by atoms with Gasteiger partial charge in [-0.1, -0.05) is 24.6 Å². The van der Waals surface area contributed by atoms with Crippen molar-refractivity contribution in [3.63, 3.8) is 0 Å². The normalized spacial score (nSPS) is 11.6. The Bertz CT molecular complexity index is 719. The molecule has 2 aromatic carbocycles. The van der Waals surface area contributed by atoms with Crippen LogP contribution in [0.3, 0.4) is 0 Å². The minimum Gasteiger partial charge on any atom is -0.326 e. The molecule has 24 heavy (non-hydrogen) atoms. The molecule has 0 aliphatic rings. The number of hydrogen-bond acceptors (Lipinski definition) is 3. The molecule has 1 atom stereocenters. The van der Waals surface area contributed by atoms with Gasteiger partial charge in [0.05, 0.1) is 5.25 Å². The van der Waals surface area contributed by atoms with Crippen LogP contribution in [0.1, 0.15) is 20.3 Å². The predicted molar refractivity (Wildman–Crippen MR) is 101 cm³/mol. The number of carbonyl (C=O) groups excluding carboxylic acids is 2. The lowest BCUT2D eigenvalue weighted by atomic mass is 10.2. The van der Waals surface area contributed by atoms with Crippen LogP contribution in [0, 0.1) is 0 Å². The minimum atomic E-state index is -0.228. The number of rotatable bonds is 6. The molecule has 4 nitrogen and oxygen atoms in total. The van der Waals surface area contributed by atoms with E-state index >= 15 is 0 Å². The largest absolute Gasteiger partial charge is 0.326 e. The van der Waals surface area contributed by atoms with Crippen LogP contribution in [0.2, 0.25) is 5.02 Å². The molecule has 0 saturated heterocycles. The fourth-order valence-electron chi connectivity index (χ4n) is 2.09. The summed E-state index contributed by atoms with van der Waals surface area (Å²) in [6.45, 7) is 3.44. The zero-order valence-electron chi connectivity index (χ0n) is 13.5. The molecule has 1 unspecified atom stereocenters. The van der Waals surface area contributed by atoms with Gasteiger partial charge in [0.15, 0.2) is 0 Å². The van der Waals surface area contributed by atoms with Gasteiger partial charge in [0.1, 0.15) is 0 Å². The first-order valence-electron chi connectivity index (χ1n) is 7.58. The molecular weight excluding hydrogens is 344 g/mol. The first-order chi connectivity index (χ1) is 11.5. The van der Waals surface area contributed by atoms with Crippen molar-refractivity contribution in [1.29, 1.82) is 0 Å². The van der Waals surface area contributed by atoms with E-state index in [0.717, 1.165) is 16.3 Å². The molecule has 0 aromatic heterocycles. The Kier molecular flexibility index (Phi) is 6.70. The van der Waals surface area contributed by atoms with Crippen molar-refractivity contribution in [2.45, 2.75) is 30.4 Å². The van der Waals surface area contributed by atoms with Crippen molar-refractivity contribution in [3.05, 3.63) is 53.6 Å². The summed E-state index contributed by atoms with van der Waals surface area (Å²) in [5, 5.41) is 6.04. The quantitative estimate of drug-likeness (QED) is 0.725. The zero-order valence-corrected chi connectivity index (χ0v) is 15.1. The molecule has 0 bridgehead atoms. The second-order valence-corrected chi connectivity index (χ2v) is 6.93. The Morgan fingerprint density at radius 3 is 2.42 bits per heavy atom. The molecule has 2 rings (SSSR count). The number of nitrogens with one attached hydrogen (secondary N) is 2. The van der Waals surface area contributed by atoms with Crippen molar-refractivity contribution in [1.82, 2.24) is 0 Å². The molecule has 0 fully saturated rings. The number of thioether (sulfide) groups is 1. The lowest BCUT2D eigenvalue weighted by molar-refractivity contribution is -0.116. The summed E-state index contributed by atoms with van der Waals surface area (Å²) >= 11 is 7.32. The molecule has 126 valence electrons. The summed E-state index contributed by atoms with van der Waals surface area (Å²) < 4.78 is 0. The van der Waals surface area contributed by atoms with Gasteiger partial charge in [0, 0.05) is 28.2 Å². The highest BCUT2D eigenvalue weighted by molar-refractivity contribution is 8.00. The van der Waals surface area contributed by atoms with E-state index in [1.54, 1.807) is 24.3 Å². The van der Waals surface area contributed by atoms with E-state index in [1.807, 2.05) is 31.2 Å². The first-order valence-corrected chi connectivity index (χ1v) is 8.84. The highest BCUT2D eigenvalue weighted by Gasteiger charge is 2.18. The maximum Gasteiger partial charge on any atom is 0.237 e. The van der Waals surface area contributed by atoms with E-state index in [9.17, 15) is 9.59 Å². The van der Waals surface area contributed by atoms with Gasteiger partial charge in [-0.2, -0.15) is 0 Å². The molecule has 0 spiro atoms. The fourth-order valence-corrected chi connectivity index (χ4v) is 3.23. The van der Waals surface area contributed by atoms with E-state index in [2.05, 4.69) is 10.6 Å². The Balaban J connectivity index is 2.04.